The van der Waals surface area contributed by atoms with Gasteiger partial charge in [-0.1, -0.05) is 60.7 Å². The molecule has 0 heterocycles. The maximum Gasteiger partial charge on any atom is 0.328 e. The van der Waals surface area contributed by atoms with E-state index < -0.39 is 36.0 Å². The van der Waals surface area contributed by atoms with Crippen molar-refractivity contribution in [1.82, 2.24) is 5.32 Å². The first-order valence-electron chi connectivity index (χ1n) is 9.42. The molecule has 4 nitrogen and oxygen atoms in total. The Labute approximate surface area is 173 Å². The highest BCUT2D eigenvalue weighted by Crippen LogP contribution is 2.20. The second-order valence-electron chi connectivity index (χ2n) is 6.79. The Hall–Kier alpha value is -3.54. The number of hydrogen-bond acceptors (Lipinski definition) is 3. The average molecular weight is 409 g/mol. The van der Waals surface area contributed by atoms with Gasteiger partial charge in [-0.15, -0.1) is 0 Å². The van der Waals surface area contributed by atoms with Crippen molar-refractivity contribution >= 4 is 11.9 Å². The smallest absolute Gasteiger partial charge is 0.328 e. The molecule has 6 heteroatoms. The van der Waals surface area contributed by atoms with E-state index in [2.05, 4.69) is 5.32 Å². The molecule has 0 fully saturated rings. The Kier molecular flexibility index (Phi) is 6.91. The summed E-state index contributed by atoms with van der Waals surface area (Å²) in [6.45, 7) is 0. The lowest BCUT2D eigenvalue weighted by Crippen LogP contribution is -2.43. The fourth-order valence-electron chi connectivity index (χ4n) is 3.14. The second-order valence-corrected chi connectivity index (χ2v) is 6.79. The van der Waals surface area contributed by atoms with Crippen LogP contribution in [0.2, 0.25) is 0 Å². The molecule has 1 N–H and O–H groups in total. The number of hydrogen-bond donors (Lipinski definition) is 1. The summed E-state index contributed by atoms with van der Waals surface area (Å²) in [7, 11) is 1.22. The summed E-state index contributed by atoms with van der Waals surface area (Å²) >= 11 is 0. The first kappa shape index (κ1) is 21.2. The normalized spacial score (nSPS) is 11.6. The third-order valence-electron chi connectivity index (χ3n) is 4.72. The summed E-state index contributed by atoms with van der Waals surface area (Å²) in [5.74, 6) is -2.92. The van der Waals surface area contributed by atoms with Crippen molar-refractivity contribution in [3.8, 4) is 11.1 Å². The van der Waals surface area contributed by atoms with Gasteiger partial charge >= 0.3 is 5.97 Å². The molecule has 0 aromatic heterocycles. The van der Waals surface area contributed by atoms with Gasteiger partial charge in [0.1, 0.15) is 17.7 Å². The molecule has 30 heavy (non-hydrogen) atoms. The molecule has 0 aliphatic carbocycles. The predicted octanol–water partition coefficient (Wildman–Crippen LogP) is 4.07. The maximum absolute atomic E-state index is 13.8. The largest absolute Gasteiger partial charge is 0.467 e. The van der Waals surface area contributed by atoms with E-state index >= 15 is 0 Å². The summed E-state index contributed by atoms with van der Waals surface area (Å²) in [4.78, 5) is 24.5. The molecule has 0 saturated carbocycles. The van der Waals surface area contributed by atoms with Crippen LogP contribution in [0.1, 0.15) is 11.1 Å². The lowest BCUT2D eigenvalue weighted by molar-refractivity contribution is -0.145. The molecule has 3 aromatic rings. The zero-order chi connectivity index (χ0) is 21.5. The molecular formula is C24H21F2NO3. The SMILES string of the molecule is COC(=O)[C@H](Cc1ccc(-c2ccccc2)cc1)NC(=O)Cc1c(F)cccc1F. The fourth-order valence-corrected chi connectivity index (χ4v) is 3.14. The van der Waals surface area contributed by atoms with Crippen molar-refractivity contribution in [2.45, 2.75) is 18.9 Å². The van der Waals surface area contributed by atoms with Crippen LogP contribution in [0.3, 0.4) is 0 Å². The van der Waals surface area contributed by atoms with Gasteiger partial charge in [-0.05, 0) is 28.8 Å². The summed E-state index contributed by atoms with van der Waals surface area (Å²) in [6, 6.07) is 19.8. The second kappa shape index (κ2) is 9.78. The highest BCUT2D eigenvalue weighted by molar-refractivity contribution is 5.86. The van der Waals surface area contributed by atoms with E-state index in [1.54, 1.807) is 0 Å². The number of nitrogens with one attached hydrogen (secondary N) is 1. The van der Waals surface area contributed by atoms with Crippen molar-refractivity contribution in [3.63, 3.8) is 0 Å². The molecule has 1 atom stereocenters. The predicted molar refractivity (Wildman–Crippen MR) is 110 cm³/mol. The van der Waals surface area contributed by atoms with Gasteiger partial charge in [-0.2, -0.15) is 0 Å². The van der Waals surface area contributed by atoms with Crippen LogP contribution < -0.4 is 5.32 Å². The molecule has 0 bridgehead atoms. The lowest BCUT2D eigenvalue weighted by Gasteiger charge is -2.17. The third-order valence-corrected chi connectivity index (χ3v) is 4.72. The molecule has 1 amide bonds. The van der Waals surface area contributed by atoms with Crippen LogP contribution in [0, 0.1) is 11.6 Å². The van der Waals surface area contributed by atoms with E-state index in [0.717, 1.165) is 28.8 Å². The number of benzene rings is 3. The first-order valence-corrected chi connectivity index (χ1v) is 9.42. The number of carbonyl (C=O) groups is 2. The molecule has 154 valence electrons. The monoisotopic (exact) mass is 409 g/mol. The summed E-state index contributed by atoms with van der Waals surface area (Å²) in [5, 5.41) is 2.52. The number of halogens is 2. The highest BCUT2D eigenvalue weighted by Gasteiger charge is 2.23. The van der Waals surface area contributed by atoms with Gasteiger partial charge in [0.2, 0.25) is 5.91 Å². The zero-order valence-corrected chi connectivity index (χ0v) is 16.4. The molecule has 3 aromatic carbocycles. The van der Waals surface area contributed by atoms with Crippen LogP contribution in [0.25, 0.3) is 11.1 Å². The number of methoxy groups -OCH3 is 1. The van der Waals surface area contributed by atoms with Crippen molar-refractivity contribution in [3.05, 3.63) is 95.6 Å². The van der Waals surface area contributed by atoms with Crippen LogP contribution in [0.15, 0.2) is 72.8 Å². The maximum atomic E-state index is 13.8. The number of rotatable bonds is 7. The first-order chi connectivity index (χ1) is 14.5. The Morgan fingerprint density at radius 2 is 1.47 bits per heavy atom. The average Bonchev–Trinajstić information content (AvgIpc) is 2.76. The van der Waals surface area contributed by atoms with Crippen LogP contribution in [0.4, 0.5) is 8.78 Å². The van der Waals surface area contributed by atoms with Gasteiger partial charge in [0.25, 0.3) is 0 Å². The van der Waals surface area contributed by atoms with Gasteiger partial charge in [-0.25, -0.2) is 13.6 Å². The van der Waals surface area contributed by atoms with E-state index in [1.165, 1.54) is 13.2 Å². The van der Waals surface area contributed by atoms with E-state index in [4.69, 9.17) is 4.74 Å². The van der Waals surface area contributed by atoms with Crippen LogP contribution >= 0.6 is 0 Å². The van der Waals surface area contributed by atoms with Gasteiger partial charge in [0.15, 0.2) is 0 Å². The molecule has 0 aliphatic heterocycles. The van der Waals surface area contributed by atoms with Gasteiger partial charge in [0.05, 0.1) is 13.5 Å². The van der Waals surface area contributed by atoms with Crippen LogP contribution in [-0.2, 0) is 27.2 Å². The molecule has 0 aliphatic rings. The molecule has 0 spiro atoms. The Morgan fingerprint density at radius 1 is 0.867 bits per heavy atom. The van der Waals surface area contributed by atoms with E-state index in [-0.39, 0.29) is 12.0 Å². The molecule has 0 saturated heterocycles. The number of amides is 1. The summed E-state index contributed by atoms with van der Waals surface area (Å²) in [6.07, 6.45) is -0.327. The van der Waals surface area contributed by atoms with Crippen molar-refractivity contribution in [1.29, 1.82) is 0 Å². The standard InChI is InChI=1S/C24H21F2NO3/c1-30-24(29)22(27-23(28)15-19-20(25)8-5-9-21(19)26)14-16-10-12-18(13-11-16)17-6-3-2-4-7-17/h2-13,22H,14-15H2,1H3,(H,27,28)/t22-/m0/s1. The van der Waals surface area contributed by atoms with E-state index in [0.29, 0.717) is 0 Å². The van der Waals surface area contributed by atoms with Crippen LogP contribution in [0.5, 0.6) is 0 Å². The zero-order valence-electron chi connectivity index (χ0n) is 16.4. The lowest BCUT2D eigenvalue weighted by atomic mass is 10.0. The Bertz CT molecular complexity index is 1000. The van der Waals surface area contributed by atoms with Crippen molar-refractivity contribution in [2.24, 2.45) is 0 Å². The minimum atomic E-state index is -0.972. The quantitative estimate of drug-likeness (QED) is 0.599. The molecular weight excluding hydrogens is 388 g/mol. The Morgan fingerprint density at radius 3 is 2.07 bits per heavy atom. The van der Waals surface area contributed by atoms with Crippen LogP contribution in [-0.4, -0.2) is 25.0 Å². The summed E-state index contributed by atoms with van der Waals surface area (Å²) in [5.41, 5.74) is 2.55. The van der Waals surface area contributed by atoms with Crippen molar-refractivity contribution < 1.29 is 23.1 Å². The van der Waals surface area contributed by atoms with E-state index in [9.17, 15) is 18.4 Å². The van der Waals surface area contributed by atoms with E-state index in [1.807, 2.05) is 54.6 Å². The van der Waals surface area contributed by atoms with Gasteiger partial charge in [-0.3, -0.25) is 4.79 Å². The number of carbonyl (C=O) groups excluding carboxylic acids is 2. The highest BCUT2D eigenvalue weighted by atomic mass is 19.1. The minimum Gasteiger partial charge on any atom is -0.467 e. The summed E-state index contributed by atoms with van der Waals surface area (Å²) < 4.78 is 32.3. The molecule has 0 radical (unpaired) electrons. The van der Waals surface area contributed by atoms with Gasteiger partial charge in [0, 0.05) is 12.0 Å². The number of esters is 1. The minimum absolute atomic E-state index is 0.188. The fraction of sp³-hybridized carbons (Fsp3) is 0.167. The molecule has 0 unspecified atom stereocenters. The Balaban J connectivity index is 1.70. The van der Waals surface area contributed by atoms with Gasteiger partial charge < -0.3 is 10.1 Å². The topological polar surface area (TPSA) is 55.4 Å². The third kappa shape index (κ3) is 5.29. The number of ether oxygens (including phenoxy) is 1. The van der Waals surface area contributed by atoms with Crippen molar-refractivity contribution in [2.75, 3.05) is 7.11 Å². The molecule has 3 rings (SSSR count).